The van der Waals surface area contributed by atoms with E-state index in [1.807, 2.05) is 0 Å². The predicted molar refractivity (Wildman–Crippen MR) is 78.0 cm³/mol. The number of nitrogens with zero attached hydrogens (tertiary/aromatic N) is 3. The quantitative estimate of drug-likeness (QED) is 0.613. The van der Waals surface area contributed by atoms with Crippen LogP contribution in [-0.2, 0) is 20.1 Å². The number of hydrogen-bond acceptors (Lipinski definition) is 5. The van der Waals surface area contributed by atoms with Crippen LogP contribution < -0.4 is 4.90 Å². The number of likely N-dealkylation sites (N-methyl/N-ethyl adjacent to an activating group) is 2. The van der Waals surface area contributed by atoms with Gasteiger partial charge < -0.3 is 5.11 Å². The first-order valence-corrected chi connectivity index (χ1v) is 7.13. The minimum absolute atomic E-state index is 0.0172. The standard InChI is InChI=1S/C15H14FN3O5/c1-17-13(22)15(24,18(2)14(17)23)9-7-8(16)3-4-10(9)19-11(20)5-6-12(19)21/h3-4,7,24H,5-6H2,1-2H3. The van der Waals surface area contributed by atoms with E-state index in [1.165, 1.54) is 14.1 Å². The number of hydrogen-bond donors (Lipinski definition) is 1. The van der Waals surface area contributed by atoms with Crippen molar-refractivity contribution in [2.45, 2.75) is 18.6 Å². The fourth-order valence-corrected chi connectivity index (χ4v) is 2.95. The van der Waals surface area contributed by atoms with E-state index in [0.29, 0.717) is 4.90 Å². The zero-order valence-corrected chi connectivity index (χ0v) is 12.9. The van der Waals surface area contributed by atoms with Crippen LogP contribution in [0.3, 0.4) is 0 Å². The average Bonchev–Trinajstić information content (AvgIpc) is 2.95. The van der Waals surface area contributed by atoms with Gasteiger partial charge >= 0.3 is 6.03 Å². The van der Waals surface area contributed by atoms with Gasteiger partial charge in [-0.05, 0) is 18.2 Å². The highest BCUT2D eigenvalue weighted by atomic mass is 19.1. The van der Waals surface area contributed by atoms with Crippen molar-refractivity contribution in [3.63, 3.8) is 0 Å². The lowest BCUT2D eigenvalue weighted by Gasteiger charge is -2.30. The second-order valence-corrected chi connectivity index (χ2v) is 5.66. The molecule has 2 fully saturated rings. The normalized spacial score (nSPS) is 24.6. The summed E-state index contributed by atoms with van der Waals surface area (Å²) >= 11 is 0. The SMILES string of the molecule is CN1C(=O)N(C)C(O)(c2cc(F)ccc2N2C(=O)CCC2=O)C1=O. The number of benzene rings is 1. The Morgan fingerprint density at radius 2 is 1.67 bits per heavy atom. The summed E-state index contributed by atoms with van der Waals surface area (Å²) in [6, 6.07) is 2.19. The molecule has 0 aromatic heterocycles. The van der Waals surface area contributed by atoms with Gasteiger partial charge in [0.15, 0.2) is 0 Å². The largest absolute Gasteiger partial charge is 0.359 e. The van der Waals surface area contributed by atoms with Gasteiger partial charge in [-0.25, -0.2) is 9.18 Å². The Morgan fingerprint density at radius 3 is 2.17 bits per heavy atom. The van der Waals surface area contributed by atoms with Crippen LogP contribution >= 0.6 is 0 Å². The molecule has 3 rings (SSSR count). The predicted octanol–water partition coefficient (Wildman–Crippen LogP) is 0.148. The van der Waals surface area contributed by atoms with Crippen LogP contribution in [0.4, 0.5) is 14.9 Å². The Kier molecular flexibility index (Phi) is 3.41. The molecule has 1 N–H and O–H groups in total. The summed E-state index contributed by atoms with van der Waals surface area (Å²) in [5, 5.41) is 10.9. The highest BCUT2D eigenvalue weighted by Crippen LogP contribution is 2.40. The Balaban J connectivity index is 2.23. The van der Waals surface area contributed by atoms with Gasteiger partial charge in [-0.1, -0.05) is 0 Å². The van der Waals surface area contributed by atoms with Gasteiger partial charge in [0.1, 0.15) is 5.82 Å². The first-order valence-electron chi connectivity index (χ1n) is 7.13. The number of anilines is 1. The smallest absolute Gasteiger partial charge is 0.329 e. The minimum atomic E-state index is -2.51. The van der Waals surface area contributed by atoms with E-state index in [0.717, 1.165) is 28.0 Å². The Morgan fingerprint density at radius 1 is 1.08 bits per heavy atom. The van der Waals surface area contributed by atoms with E-state index in [9.17, 15) is 28.7 Å². The molecule has 0 saturated carbocycles. The first kappa shape index (κ1) is 16.1. The van der Waals surface area contributed by atoms with E-state index in [2.05, 4.69) is 0 Å². The number of rotatable bonds is 2. The highest BCUT2D eigenvalue weighted by Gasteiger charge is 2.56. The lowest BCUT2D eigenvalue weighted by atomic mass is 9.98. The molecular formula is C15H14FN3O5. The molecule has 5 amide bonds. The molecule has 2 heterocycles. The van der Waals surface area contributed by atoms with Crippen LogP contribution in [0.25, 0.3) is 0 Å². The van der Waals surface area contributed by atoms with Crippen LogP contribution in [0.1, 0.15) is 18.4 Å². The molecule has 2 aliphatic rings. The lowest BCUT2D eigenvalue weighted by molar-refractivity contribution is -0.153. The van der Waals surface area contributed by atoms with E-state index in [1.54, 1.807) is 0 Å². The molecule has 2 aliphatic heterocycles. The van der Waals surface area contributed by atoms with Crippen molar-refractivity contribution in [3.05, 3.63) is 29.6 Å². The second-order valence-electron chi connectivity index (χ2n) is 5.66. The summed E-state index contributed by atoms with van der Waals surface area (Å²) in [6.07, 6.45) is -0.0343. The molecule has 9 heteroatoms. The zero-order chi connectivity index (χ0) is 17.8. The monoisotopic (exact) mass is 335 g/mol. The third-order valence-electron chi connectivity index (χ3n) is 4.29. The van der Waals surface area contributed by atoms with Gasteiger partial charge in [-0.15, -0.1) is 0 Å². The number of imide groups is 2. The van der Waals surface area contributed by atoms with Gasteiger partial charge in [0.2, 0.25) is 11.8 Å². The van der Waals surface area contributed by atoms with Gasteiger partial charge in [0, 0.05) is 32.5 Å². The summed E-state index contributed by atoms with van der Waals surface area (Å²) in [5.41, 5.74) is -2.96. The fourth-order valence-electron chi connectivity index (χ4n) is 2.95. The van der Waals surface area contributed by atoms with Gasteiger partial charge in [-0.2, -0.15) is 0 Å². The summed E-state index contributed by atoms with van der Waals surface area (Å²) in [7, 11) is 2.34. The number of urea groups is 1. The number of carbonyl (C=O) groups is 4. The van der Waals surface area contributed by atoms with Crippen molar-refractivity contribution < 1.29 is 28.7 Å². The molecular weight excluding hydrogens is 321 g/mol. The molecule has 0 radical (unpaired) electrons. The Labute approximate surface area is 136 Å². The summed E-state index contributed by atoms with van der Waals surface area (Å²) in [5.74, 6) is -2.83. The maximum Gasteiger partial charge on any atom is 0.329 e. The van der Waals surface area contributed by atoms with Gasteiger partial charge in [0.05, 0.1) is 5.69 Å². The van der Waals surface area contributed by atoms with E-state index in [-0.39, 0.29) is 24.1 Å². The van der Waals surface area contributed by atoms with E-state index in [4.69, 9.17) is 0 Å². The minimum Gasteiger partial charge on any atom is -0.359 e. The van der Waals surface area contributed by atoms with Crippen LogP contribution in [0.2, 0.25) is 0 Å². The number of halogens is 1. The molecule has 0 aliphatic carbocycles. The highest BCUT2D eigenvalue weighted by molar-refractivity contribution is 6.20. The van der Waals surface area contributed by atoms with E-state index >= 15 is 0 Å². The zero-order valence-electron chi connectivity index (χ0n) is 12.9. The molecule has 8 nitrogen and oxygen atoms in total. The second kappa shape index (κ2) is 5.10. The van der Waals surface area contributed by atoms with Crippen molar-refractivity contribution in [2.75, 3.05) is 19.0 Å². The van der Waals surface area contributed by atoms with Gasteiger partial charge in [-0.3, -0.25) is 29.1 Å². The molecule has 0 bridgehead atoms. The summed E-state index contributed by atoms with van der Waals surface area (Å²) in [6.45, 7) is 0. The molecule has 0 spiro atoms. The molecule has 1 aromatic rings. The molecule has 126 valence electrons. The maximum absolute atomic E-state index is 13.8. The van der Waals surface area contributed by atoms with Crippen LogP contribution in [-0.4, -0.2) is 52.8 Å². The van der Waals surface area contributed by atoms with Crippen molar-refractivity contribution in [3.8, 4) is 0 Å². The van der Waals surface area contributed by atoms with Crippen molar-refractivity contribution in [1.29, 1.82) is 0 Å². The first-order chi connectivity index (χ1) is 11.2. The van der Waals surface area contributed by atoms with Crippen molar-refractivity contribution in [1.82, 2.24) is 9.80 Å². The number of aliphatic hydroxyl groups is 1. The Hall–Kier alpha value is -2.81. The van der Waals surface area contributed by atoms with Crippen molar-refractivity contribution in [2.24, 2.45) is 0 Å². The summed E-state index contributed by atoms with van der Waals surface area (Å²) in [4.78, 5) is 50.6. The number of amides is 5. The summed E-state index contributed by atoms with van der Waals surface area (Å²) < 4.78 is 13.8. The number of carbonyl (C=O) groups excluding carboxylic acids is 4. The maximum atomic E-state index is 13.8. The fraction of sp³-hybridized carbons (Fsp3) is 0.333. The molecule has 2 saturated heterocycles. The molecule has 24 heavy (non-hydrogen) atoms. The average molecular weight is 335 g/mol. The van der Waals surface area contributed by atoms with Crippen LogP contribution in [0, 0.1) is 5.82 Å². The van der Waals surface area contributed by atoms with E-state index < -0.39 is 35.3 Å². The lowest BCUT2D eigenvalue weighted by Crippen LogP contribution is -2.46. The Bertz CT molecular complexity index is 779. The third kappa shape index (κ3) is 1.94. The topological polar surface area (TPSA) is 98.2 Å². The van der Waals surface area contributed by atoms with Crippen molar-refractivity contribution >= 4 is 29.4 Å². The molecule has 1 unspecified atom stereocenters. The third-order valence-corrected chi connectivity index (χ3v) is 4.29. The van der Waals surface area contributed by atoms with Crippen LogP contribution in [0.15, 0.2) is 18.2 Å². The molecule has 1 aromatic carbocycles. The van der Waals surface area contributed by atoms with Crippen LogP contribution in [0.5, 0.6) is 0 Å². The molecule has 1 atom stereocenters. The van der Waals surface area contributed by atoms with Gasteiger partial charge in [0.25, 0.3) is 11.6 Å².